The maximum atomic E-state index is 3.97. The van der Waals surface area contributed by atoms with Gasteiger partial charge in [-0.2, -0.15) is 9.90 Å². The molecule has 0 unspecified atom stereocenters. The number of hydrogen-bond acceptors (Lipinski definition) is 5. The molecule has 76 valence electrons. The highest BCUT2D eigenvalue weighted by molar-refractivity contribution is 5.79. The Hall–Kier alpha value is -2.24. The number of anilines is 1. The summed E-state index contributed by atoms with van der Waals surface area (Å²) >= 11 is 0. The summed E-state index contributed by atoms with van der Waals surface area (Å²) in [6.07, 6.45) is 1.69. The predicted molar refractivity (Wildman–Crippen MR) is 56.5 cm³/mol. The summed E-state index contributed by atoms with van der Waals surface area (Å²) in [5, 5.41) is 15.3. The molecule has 2 aromatic rings. The van der Waals surface area contributed by atoms with Gasteiger partial charge in [0.25, 0.3) is 5.95 Å². The summed E-state index contributed by atoms with van der Waals surface area (Å²) in [6.45, 7) is 0. The molecule has 0 bridgehead atoms. The van der Waals surface area contributed by atoms with E-state index < -0.39 is 0 Å². The molecular formula is C9H10N6. The topological polar surface area (TPSA) is 68.0 Å². The fourth-order valence-corrected chi connectivity index (χ4v) is 1.03. The first-order chi connectivity index (χ1) is 7.34. The van der Waals surface area contributed by atoms with Crippen LogP contribution in [0.4, 0.5) is 5.95 Å². The third kappa shape index (κ3) is 2.60. The molecule has 0 radical (unpaired) electrons. The smallest absolute Gasteiger partial charge is 0.243 e. The molecule has 6 nitrogen and oxygen atoms in total. The van der Waals surface area contributed by atoms with Crippen LogP contribution in [0.1, 0.15) is 5.56 Å². The van der Waals surface area contributed by atoms with Crippen LogP contribution < -0.4 is 5.43 Å². The van der Waals surface area contributed by atoms with E-state index in [9.17, 15) is 0 Å². The quantitative estimate of drug-likeness (QED) is 0.586. The summed E-state index contributed by atoms with van der Waals surface area (Å²) < 4.78 is 0. The highest BCUT2D eigenvalue weighted by Crippen LogP contribution is 1.95. The molecule has 0 aliphatic rings. The zero-order valence-electron chi connectivity index (χ0n) is 8.20. The van der Waals surface area contributed by atoms with Crippen molar-refractivity contribution in [2.45, 2.75) is 0 Å². The number of nitrogens with zero attached hydrogens (tertiary/aromatic N) is 5. The largest absolute Gasteiger partial charge is 0.283 e. The Kier molecular flexibility index (Phi) is 2.68. The molecule has 1 heterocycles. The van der Waals surface area contributed by atoms with Crippen molar-refractivity contribution in [2.75, 3.05) is 5.43 Å². The first-order valence-corrected chi connectivity index (χ1v) is 4.43. The van der Waals surface area contributed by atoms with E-state index in [0.717, 1.165) is 5.56 Å². The molecule has 0 fully saturated rings. The number of hydrogen-bond donors (Lipinski definition) is 1. The van der Waals surface area contributed by atoms with E-state index >= 15 is 0 Å². The van der Waals surface area contributed by atoms with Crippen molar-refractivity contribution in [1.82, 2.24) is 20.2 Å². The van der Waals surface area contributed by atoms with Gasteiger partial charge in [0, 0.05) is 0 Å². The molecule has 1 aromatic carbocycles. The van der Waals surface area contributed by atoms with Gasteiger partial charge < -0.3 is 0 Å². The van der Waals surface area contributed by atoms with E-state index in [1.165, 1.54) is 4.80 Å². The summed E-state index contributed by atoms with van der Waals surface area (Å²) in [7, 11) is 1.69. The number of hydrazone groups is 1. The van der Waals surface area contributed by atoms with Crippen molar-refractivity contribution in [3.8, 4) is 0 Å². The SMILES string of the molecule is Cn1nnc(NN=Cc2ccccc2)n1. The molecule has 2 rings (SSSR count). The normalized spacial score (nSPS) is 10.7. The predicted octanol–water partition coefficient (Wildman–Crippen LogP) is 0.656. The van der Waals surface area contributed by atoms with Gasteiger partial charge in [-0.3, -0.25) is 0 Å². The number of benzene rings is 1. The Bertz CT molecular complexity index is 447. The lowest BCUT2D eigenvalue weighted by molar-refractivity contribution is 0.630. The van der Waals surface area contributed by atoms with E-state index in [1.807, 2.05) is 30.3 Å². The molecular weight excluding hydrogens is 192 g/mol. The second kappa shape index (κ2) is 4.32. The minimum absolute atomic E-state index is 0.379. The van der Waals surface area contributed by atoms with Crippen molar-refractivity contribution in [1.29, 1.82) is 0 Å². The molecule has 0 aliphatic carbocycles. The molecule has 1 N–H and O–H groups in total. The minimum atomic E-state index is 0.379. The van der Waals surface area contributed by atoms with Crippen LogP contribution >= 0.6 is 0 Å². The van der Waals surface area contributed by atoms with E-state index in [0.29, 0.717) is 5.95 Å². The molecule has 0 spiro atoms. The van der Waals surface area contributed by atoms with Crippen LogP contribution in [0.5, 0.6) is 0 Å². The highest BCUT2D eigenvalue weighted by Gasteiger charge is 1.94. The Morgan fingerprint density at radius 1 is 1.33 bits per heavy atom. The maximum Gasteiger partial charge on any atom is 0.283 e. The third-order valence-electron chi connectivity index (χ3n) is 1.69. The lowest BCUT2D eigenvalue weighted by Gasteiger charge is -1.91. The van der Waals surface area contributed by atoms with Gasteiger partial charge in [-0.05, 0) is 10.8 Å². The molecule has 15 heavy (non-hydrogen) atoms. The van der Waals surface area contributed by atoms with Crippen molar-refractivity contribution in [3.63, 3.8) is 0 Å². The number of nitrogens with one attached hydrogen (secondary N) is 1. The van der Waals surface area contributed by atoms with Crippen LogP contribution in [0, 0.1) is 0 Å². The molecule has 1 aromatic heterocycles. The molecule has 0 amide bonds. The second-order valence-corrected chi connectivity index (χ2v) is 2.88. The van der Waals surface area contributed by atoms with Gasteiger partial charge in [-0.25, -0.2) is 5.43 Å². The Labute approximate surface area is 86.6 Å². The Balaban J connectivity index is 1.96. The number of aryl methyl sites for hydroxylation is 1. The van der Waals surface area contributed by atoms with Crippen LogP contribution in [0.2, 0.25) is 0 Å². The minimum Gasteiger partial charge on any atom is -0.243 e. The molecule has 6 heteroatoms. The molecule has 0 saturated heterocycles. The van der Waals surface area contributed by atoms with Crippen LogP contribution in [-0.2, 0) is 7.05 Å². The molecule has 0 saturated carbocycles. The average Bonchev–Trinajstić information content (AvgIpc) is 2.66. The van der Waals surface area contributed by atoms with Crippen molar-refractivity contribution >= 4 is 12.2 Å². The van der Waals surface area contributed by atoms with Gasteiger partial charge in [-0.1, -0.05) is 35.4 Å². The first-order valence-electron chi connectivity index (χ1n) is 4.43. The summed E-state index contributed by atoms with van der Waals surface area (Å²) in [5.41, 5.74) is 3.69. The van der Waals surface area contributed by atoms with Crippen LogP contribution in [0.15, 0.2) is 35.4 Å². The first kappa shape index (κ1) is 9.32. The zero-order valence-corrected chi connectivity index (χ0v) is 8.20. The number of tetrazole rings is 1. The fourth-order valence-electron chi connectivity index (χ4n) is 1.03. The van der Waals surface area contributed by atoms with Crippen molar-refractivity contribution < 1.29 is 0 Å². The van der Waals surface area contributed by atoms with E-state index in [-0.39, 0.29) is 0 Å². The summed E-state index contributed by atoms with van der Waals surface area (Å²) in [5.74, 6) is 0.379. The van der Waals surface area contributed by atoms with Crippen molar-refractivity contribution in [2.24, 2.45) is 12.1 Å². The summed E-state index contributed by atoms with van der Waals surface area (Å²) in [6, 6.07) is 9.75. The third-order valence-corrected chi connectivity index (χ3v) is 1.69. The second-order valence-electron chi connectivity index (χ2n) is 2.88. The summed E-state index contributed by atoms with van der Waals surface area (Å²) in [4.78, 5) is 1.36. The molecule has 0 atom stereocenters. The van der Waals surface area contributed by atoms with Gasteiger partial charge in [0.2, 0.25) is 0 Å². The van der Waals surface area contributed by atoms with Crippen LogP contribution in [-0.4, -0.2) is 26.4 Å². The fraction of sp³-hybridized carbons (Fsp3) is 0.111. The Morgan fingerprint density at radius 2 is 2.13 bits per heavy atom. The lowest BCUT2D eigenvalue weighted by atomic mass is 10.2. The van der Waals surface area contributed by atoms with Crippen molar-refractivity contribution in [3.05, 3.63) is 35.9 Å². The lowest BCUT2D eigenvalue weighted by Crippen LogP contribution is -1.94. The van der Waals surface area contributed by atoms with Gasteiger partial charge in [-0.15, -0.1) is 5.10 Å². The van der Waals surface area contributed by atoms with Gasteiger partial charge >= 0.3 is 0 Å². The van der Waals surface area contributed by atoms with Crippen LogP contribution in [0.25, 0.3) is 0 Å². The number of rotatable bonds is 3. The Morgan fingerprint density at radius 3 is 2.80 bits per heavy atom. The van der Waals surface area contributed by atoms with E-state index in [4.69, 9.17) is 0 Å². The van der Waals surface area contributed by atoms with Gasteiger partial charge in [0.15, 0.2) is 0 Å². The maximum absolute atomic E-state index is 3.97. The zero-order chi connectivity index (χ0) is 10.5. The molecule has 0 aliphatic heterocycles. The van der Waals surface area contributed by atoms with Gasteiger partial charge in [0.1, 0.15) is 0 Å². The average molecular weight is 202 g/mol. The monoisotopic (exact) mass is 202 g/mol. The van der Waals surface area contributed by atoms with Gasteiger partial charge in [0.05, 0.1) is 13.3 Å². The highest BCUT2D eigenvalue weighted by atomic mass is 15.6. The standard InChI is InChI=1S/C9H10N6/c1-15-13-9(12-14-15)11-10-7-8-5-3-2-4-6-8/h2-7H,1H3,(H,11,13). The van der Waals surface area contributed by atoms with E-state index in [2.05, 4.69) is 25.9 Å². The van der Waals surface area contributed by atoms with Crippen LogP contribution in [0.3, 0.4) is 0 Å². The number of aromatic nitrogens is 4. The van der Waals surface area contributed by atoms with E-state index in [1.54, 1.807) is 13.3 Å².